The van der Waals surface area contributed by atoms with Gasteiger partial charge in [-0.3, -0.25) is 0 Å². The third kappa shape index (κ3) is 7.87. The van der Waals surface area contributed by atoms with Crippen LogP contribution >= 0.6 is 0 Å². The summed E-state index contributed by atoms with van der Waals surface area (Å²) in [7, 11) is 0. The van der Waals surface area contributed by atoms with Gasteiger partial charge in [0.25, 0.3) is 0 Å². The van der Waals surface area contributed by atoms with Crippen LogP contribution in [0.1, 0.15) is 44.7 Å². The molecule has 2 aromatic rings. The summed E-state index contributed by atoms with van der Waals surface area (Å²) in [6, 6.07) is 10.8. The zero-order chi connectivity index (χ0) is 17.2. The molecule has 3 heteroatoms. The second-order valence-corrected chi connectivity index (χ2v) is 6.08. The monoisotopic (exact) mass is 322 g/mol. The fourth-order valence-corrected chi connectivity index (χ4v) is 2.17. The summed E-state index contributed by atoms with van der Waals surface area (Å²) < 4.78 is 37.5. The summed E-state index contributed by atoms with van der Waals surface area (Å²) in [6.45, 7) is 6.24. The lowest BCUT2D eigenvalue weighted by atomic mass is 10.0. The van der Waals surface area contributed by atoms with E-state index in [1.54, 1.807) is 6.07 Å². The van der Waals surface area contributed by atoms with E-state index in [9.17, 15) is 13.2 Å². The Morgan fingerprint density at radius 1 is 0.826 bits per heavy atom. The first-order valence-corrected chi connectivity index (χ1v) is 8.10. The van der Waals surface area contributed by atoms with Crippen molar-refractivity contribution in [2.24, 2.45) is 5.92 Å². The van der Waals surface area contributed by atoms with Gasteiger partial charge in [0, 0.05) is 0 Å². The Labute approximate surface area is 137 Å². The van der Waals surface area contributed by atoms with Crippen LogP contribution in [-0.4, -0.2) is 0 Å². The molecule has 0 fully saturated rings. The van der Waals surface area contributed by atoms with E-state index in [2.05, 4.69) is 6.92 Å². The number of aryl methyl sites for hydroxylation is 1. The fourth-order valence-electron chi connectivity index (χ4n) is 2.17. The molecule has 0 spiro atoms. The van der Waals surface area contributed by atoms with Crippen molar-refractivity contribution in [3.05, 3.63) is 71.0 Å². The van der Waals surface area contributed by atoms with E-state index in [4.69, 9.17) is 0 Å². The Morgan fingerprint density at radius 3 is 1.96 bits per heavy atom. The van der Waals surface area contributed by atoms with E-state index in [1.165, 1.54) is 42.7 Å². The second-order valence-electron chi connectivity index (χ2n) is 6.08. The van der Waals surface area contributed by atoms with Gasteiger partial charge in [-0.2, -0.15) is 0 Å². The van der Waals surface area contributed by atoms with Gasteiger partial charge in [0.05, 0.1) is 0 Å². The van der Waals surface area contributed by atoms with E-state index in [0.717, 1.165) is 18.4 Å². The van der Waals surface area contributed by atoms with Crippen molar-refractivity contribution >= 4 is 0 Å². The molecule has 2 rings (SSSR count). The van der Waals surface area contributed by atoms with Crippen molar-refractivity contribution < 1.29 is 13.2 Å². The molecule has 0 aliphatic carbocycles. The molecule has 0 aliphatic rings. The molecule has 0 nitrogen and oxygen atoms in total. The highest BCUT2D eigenvalue weighted by Gasteiger charge is 2.03. The Hall–Kier alpha value is -1.77. The van der Waals surface area contributed by atoms with Crippen molar-refractivity contribution in [2.75, 3.05) is 0 Å². The molecule has 126 valence electrons. The number of hydrogen-bond acceptors (Lipinski definition) is 0. The van der Waals surface area contributed by atoms with Crippen molar-refractivity contribution in [2.45, 2.75) is 46.5 Å². The number of unbranched alkanes of at least 4 members (excludes halogenated alkanes) is 1. The molecule has 0 unspecified atom stereocenters. The van der Waals surface area contributed by atoms with Crippen LogP contribution in [0.5, 0.6) is 0 Å². The van der Waals surface area contributed by atoms with Gasteiger partial charge >= 0.3 is 0 Å². The quantitative estimate of drug-likeness (QED) is 0.603. The Kier molecular flexibility index (Phi) is 8.46. The van der Waals surface area contributed by atoms with Crippen LogP contribution in [0.2, 0.25) is 0 Å². The summed E-state index contributed by atoms with van der Waals surface area (Å²) >= 11 is 0. The van der Waals surface area contributed by atoms with Crippen LogP contribution in [0.3, 0.4) is 0 Å². The molecule has 0 aromatic heterocycles. The average molecular weight is 322 g/mol. The van der Waals surface area contributed by atoms with Gasteiger partial charge in [-0.15, -0.1) is 0 Å². The van der Waals surface area contributed by atoms with Crippen LogP contribution in [0.4, 0.5) is 13.2 Å². The minimum atomic E-state index is -0.775. The van der Waals surface area contributed by atoms with Gasteiger partial charge in [-0.1, -0.05) is 45.4 Å². The predicted molar refractivity (Wildman–Crippen MR) is 89.9 cm³/mol. The first-order valence-electron chi connectivity index (χ1n) is 8.10. The maximum atomic E-state index is 12.7. The first-order chi connectivity index (χ1) is 10.9. The molecular formula is C20H25F3. The average Bonchev–Trinajstić information content (AvgIpc) is 2.51. The van der Waals surface area contributed by atoms with Crippen molar-refractivity contribution in [3.63, 3.8) is 0 Å². The van der Waals surface area contributed by atoms with Gasteiger partial charge in [-0.05, 0) is 60.6 Å². The maximum absolute atomic E-state index is 12.7. The maximum Gasteiger partial charge on any atom is 0.159 e. The van der Waals surface area contributed by atoms with Crippen molar-refractivity contribution in [1.29, 1.82) is 0 Å². The second kappa shape index (κ2) is 10.1. The Balaban J connectivity index is 0.000000231. The largest absolute Gasteiger partial charge is 0.207 e. The summed E-state index contributed by atoms with van der Waals surface area (Å²) in [5.41, 5.74) is 2.08. The SMILES string of the molecule is CC(C)Cc1ccc(F)c(F)c1.CCCCc1ccc(F)cc1. The molecule has 23 heavy (non-hydrogen) atoms. The fraction of sp³-hybridized carbons (Fsp3) is 0.400. The normalized spacial score (nSPS) is 10.4. The van der Waals surface area contributed by atoms with Gasteiger partial charge in [0.15, 0.2) is 11.6 Å². The van der Waals surface area contributed by atoms with E-state index < -0.39 is 11.6 Å². The highest BCUT2D eigenvalue weighted by molar-refractivity contribution is 5.18. The minimum Gasteiger partial charge on any atom is -0.207 e. The van der Waals surface area contributed by atoms with Crippen LogP contribution < -0.4 is 0 Å². The van der Waals surface area contributed by atoms with E-state index >= 15 is 0 Å². The lowest BCUT2D eigenvalue weighted by Gasteiger charge is -2.04. The van der Waals surface area contributed by atoms with E-state index in [0.29, 0.717) is 5.92 Å². The van der Waals surface area contributed by atoms with Crippen molar-refractivity contribution in [3.8, 4) is 0 Å². The summed E-state index contributed by atoms with van der Waals surface area (Å²) in [4.78, 5) is 0. The zero-order valence-corrected chi connectivity index (χ0v) is 14.1. The molecule has 2 aromatic carbocycles. The van der Waals surface area contributed by atoms with Crippen LogP contribution in [0.25, 0.3) is 0 Å². The van der Waals surface area contributed by atoms with E-state index in [1.807, 2.05) is 26.0 Å². The molecule has 0 atom stereocenters. The lowest BCUT2D eigenvalue weighted by molar-refractivity contribution is 0.505. The van der Waals surface area contributed by atoms with Crippen LogP contribution in [0.15, 0.2) is 42.5 Å². The van der Waals surface area contributed by atoms with Gasteiger partial charge in [-0.25, -0.2) is 13.2 Å². The number of rotatable bonds is 5. The molecule has 0 amide bonds. The molecule has 0 saturated carbocycles. The Bertz CT molecular complexity index is 574. The minimum absolute atomic E-state index is 0.148. The first kappa shape index (κ1) is 19.3. The van der Waals surface area contributed by atoms with Gasteiger partial charge in [0.2, 0.25) is 0 Å². The number of benzene rings is 2. The summed E-state index contributed by atoms with van der Waals surface area (Å²) in [6.07, 6.45) is 4.23. The summed E-state index contributed by atoms with van der Waals surface area (Å²) in [5, 5.41) is 0. The third-order valence-corrected chi connectivity index (χ3v) is 3.36. The van der Waals surface area contributed by atoms with Gasteiger partial charge < -0.3 is 0 Å². The highest BCUT2D eigenvalue weighted by Crippen LogP contribution is 2.12. The molecule has 0 aliphatic heterocycles. The van der Waals surface area contributed by atoms with Gasteiger partial charge in [0.1, 0.15) is 5.82 Å². The lowest BCUT2D eigenvalue weighted by Crippen LogP contribution is -1.95. The predicted octanol–water partition coefficient (Wildman–Crippen LogP) is 6.33. The molecule has 0 saturated heterocycles. The molecular weight excluding hydrogens is 297 g/mol. The number of hydrogen-bond donors (Lipinski definition) is 0. The Morgan fingerprint density at radius 2 is 1.43 bits per heavy atom. The smallest absolute Gasteiger partial charge is 0.159 e. The van der Waals surface area contributed by atoms with E-state index in [-0.39, 0.29) is 5.82 Å². The topological polar surface area (TPSA) is 0 Å². The van der Waals surface area contributed by atoms with Crippen molar-refractivity contribution in [1.82, 2.24) is 0 Å². The highest BCUT2D eigenvalue weighted by atomic mass is 19.2. The van der Waals surface area contributed by atoms with Crippen LogP contribution in [0, 0.1) is 23.4 Å². The molecule has 0 radical (unpaired) electrons. The number of halogens is 3. The van der Waals surface area contributed by atoms with Crippen LogP contribution in [-0.2, 0) is 12.8 Å². The summed E-state index contributed by atoms with van der Waals surface area (Å²) in [5.74, 6) is -1.21. The standard InChI is InChI=1S/C10H12F2.C10H13F/c1-7(2)5-8-3-4-9(11)10(12)6-8;1-2-3-4-9-5-7-10(11)8-6-9/h3-4,6-7H,5H2,1-2H3;5-8H,2-4H2,1H3. The zero-order valence-electron chi connectivity index (χ0n) is 14.1. The third-order valence-electron chi connectivity index (χ3n) is 3.36. The molecule has 0 heterocycles. The molecule has 0 bridgehead atoms. The molecule has 0 N–H and O–H groups in total.